The lowest BCUT2D eigenvalue weighted by Gasteiger charge is -2.09. The molecule has 2 heterocycles. The van der Waals surface area contributed by atoms with Gasteiger partial charge in [-0.15, -0.1) is 11.3 Å². The predicted molar refractivity (Wildman–Crippen MR) is 88.0 cm³/mol. The molecule has 0 radical (unpaired) electrons. The predicted octanol–water partition coefficient (Wildman–Crippen LogP) is 4.04. The summed E-state index contributed by atoms with van der Waals surface area (Å²) in [6.45, 7) is 0. The van der Waals surface area contributed by atoms with E-state index in [1.807, 2.05) is 52.4 Å². The van der Waals surface area contributed by atoms with Gasteiger partial charge in [0.15, 0.2) is 11.2 Å². The van der Waals surface area contributed by atoms with Gasteiger partial charge in [0, 0.05) is 22.5 Å². The van der Waals surface area contributed by atoms with E-state index in [1.54, 1.807) is 7.11 Å². The standard InChI is InChI=1S/C17H12N2O2S/c1-21-15-7-6-13(11-4-2-3-5-12(11)15)16-14(10-20)19-8-9-22-17(19)18-16/h2-10H,1H3. The zero-order valence-corrected chi connectivity index (χ0v) is 12.6. The first-order chi connectivity index (χ1) is 10.8. The largest absolute Gasteiger partial charge is 0.496 e. The summed E-state index contributed by atoms with van der Waals surface area (Å²) in [6.07, 6.45) is 2.73. The van der Waals surface area contributed by atoms with Crippen molar-refractivity contribution in [3.63, 3.8) is 0 Å². The third-order valence-corrected chi connectivity index (χ3v) is 4.53. The minimum atomic E-state index is 0.576. The summed E-state index contributed by atoms with van der Waals surface area (Å²) in [5, 5.41) is 3.96. The lowest BCUT2D eigenvalue weighted by molar-refractivity contribution is 0.111. The Labute approximate surface area is 130 Å². The molecule has 0 unspecified atom stereocenters. The van der Waals surface area contributed by atoms with E-state index in [2.05, 4.69) is 4.98 Å². The van der Waals surface area contributed by atoms with Gasteiger partial charge >= 0.3 is 0 Å². The molecule has 108 valence electrons. The molecule has 0 saturated heterocycles. The van der Waals surface area contributed by atoms with Crippen molar-refractivity contribution in [3.05, 3.63) is 53.7 Å². The Balaban J connectivity index is 2.08. The third kappa shape index (κ3) is 1.76. The normalized spacial score (nSPS) is 11.1. The number of nitrogens with zero attached hydrogens (tertiary/aromatic N) is 2. The maximum absolute atomic E-state index is 11.6. The molecular weight excluding hydrogens is 296 g/mol. The molecule has 0 saturated carbocycles. The third-order valence-electron chi connectivity index (χ3n) is 3.77. The number of aromatic nitrogens is 2. The van der Waals surface area contributed by atoms with Crippen LogP contribution < -0.4 is 4.74 Å². The van der Waals surface area contributed by atoms with Crippen LogP contribution in [-0.2, 0) is 0 Å². The summed E-state index contributed by atoms with van der Waals surface area (Å²) in [5.74, 6) is 0.813. The van der Waals surface area contributed by atoms with E-state index >= 15 is 0 Å². The van der Waals surface area contributed by atoms with Gasteiger partial charge in [-0.05, 0) is 17.5 Å². The van der Waals surface area contributed by atoms with Crippen molar-refractivity contribution in [2.75, 3.05) is 7.11 Å². The molecule has 5 heteroatoms. The highest BCUT2D eigenvalue weighted by molar-refractivity contribution is 7.15. The summed E-state index contributed by atoms with van der Waals surface area (Å²) in [4.78, 5) is 17.0. The number of carbonyl (C=O) groups excluding carboxylic acids is 1. The molecule has 4 nitrogen and oxygen atoms in total. The van der Waals surface area contributed by atoms with E-state index in [1.165, 1.54) is 11.3 Å². The second kappa shape index (κ2) is 4.96. The molecule has 0 fully saturated rings. The molecule has 0 aliphatic rings. The quantitative estimate of drug-likeness (QED) is 0.537. The molecule has 4 rings (SSSR count). The molecule has 0 atom stereocenters. The summed E-state index contributed by atoms with van der Waals surface area (Å²) >= 11 is 1.51. The first kappa shape index (κ1) is 13.0. The minimum Gasteiger partial charge on any atom is -0.496 e. The van der Waals surface area contributed by atoms with Crippen molar-refractivity contribution in [1.29, 1.82) is 0 Å². The zero-order valence-electron chi connectivity index (χ0n) is 11.8. The molecule has 0 spiro atoms. The van der Waals surface area contributed by atoms with Gasteiger partial charge in [0.1, 0.15) is 17.1 Å². The molecule has 0 aliphatic heterocycles. The number of thiazole rings is 1. The first-order valence-electron chi connectivity index (χ1n) is 6.80. The second-order valence-corrected chi connectivity index (χ2v) is 5.75. The minimum absolute atomic E-state index is 0.576. The number of hydrogen-bond donors (Lipinski definition) is 0. The van der Waals surface area contributed by atoms with E-state index < -0.39 is 0 Å². The number of methoxy groups -OCH3 is 1. The summed E-state index contributed by atoms with van der Waals surface area (Å²) in [5.41, 5.74) is 2.22. The highest BCUT2D eigenvalue weighted by atomic mass is 32.1. The Hall–Kier alpha value is -2.66. The van der Waals surface area contributed by atoms with Crippen LogP contribution in [0.3, 0.4) is 0 Å². The Morgan fingerprint density at radius 2 is 2.00 bits per heavy atom. The number of ether oxygens (including phenoxy) is 1. The first-order valence-corrected chi connectivity index (χ1v) is 7.68. The molecule has 2 aromatic heterocycles. The van der Waals surface area contributed by atoms with Crippen molar-refractivity contribution >= 4 is 33.4 Å². The monoisotopic (exact) mass is 308 g/mol. The fraction of sp³-hybridized carbons (Fsp3) is 0.0588. The van der Waals surface area contributed by atoms with Crippen LogP contribution in [0.5, 0.6) is 5.75 Å². The SMILES string of the molecule is COc1ccc(-c2nc3sccn3c2C=O)c2ccccc12. The Kier molecular flexibility index (Phi) is 2.94. The van der Waals surface area contributed by atoms with E-state index in [0.717, 1.165) is 33.3 Å². The van der Waals surface area contributed by atoms with Crippen LogP contribution in [0.15, 0.2) is 48.0 Å². The van der Waals surface area contributed by atoms with Crippen LogP contribution in [0.1, 0.15) is 10.5 Å². The van der Waals surface area contributed by atoms with E-state index in [-0.39, 0.29) is 0 Å². The molecule has 0 amide bonds. The van der Waals surface area contributed by atoms with Crippen molar-refractivity contribution in [1.82, 2.24) is 9.38 Å². The summed E-state index contributed by atoms with van der Waals surface area (Å²) in [7, 11) is 1.66. The van der Waals surface area contributed by atoms with Gasteiger partial charge in [-0.3, -0.25) is 9.20 Å². The molecule has 22 heavy (non-hydrogen) atoms. The molecular formula is C17H12N2O2S. The van der Waals surface area contributed by atoms with Crippen LogP contribution in [-0.4, -0.2) is 22.8 Å². The van der Waals surface area contributed by atoms with Crippen molar-refractivity contribution in [2.45, 2.75) is 0 Å². The summed E-state index contributed by atoms with van der Waals surface area (Å²) in [6, 6.07) is 11.9. The second-order valence-electron chi connectivity index (χ2n) is 4.88. The lowest BCUT2D eigenvalue weighted by atomic mass is 10.0. The molecule has 2 aromatic carbocycles. The Bertz CT molecular complexity index is 1000. The maximum Gasteiger partial charge on any atom is 0.194 e. The van der Waals surface area contributed by atoms with Gasteiger partial charge in [-0.1, -0.05) is 24.3 Å². The molecule has 0 N–H and O–H groups in total. The Morgan fingerprint density at radius 3 is 2.77 bits per heavy atom. The maximum atomic E-state index is 11.6. The van der Waals surface area contributed by atoms with Crippen molar-refractivity contribution in [3.8, 4) is 17.0 Å². The van der Waals surface area contributed by atoms with Crippen LogP contribution in [0.25, 0.3) is 27.0 Å². The van der Waals surface area contributed by atoms with Gasteiger partial charge in [0.05, 0.1) is 7.11 Å². The fourth-order valence-corrected chi connectivity index (χ4v) is 3.49. The van der Waals surface area contributed by atoms with E-state index in [4.69, 9.17) is 4.74 Å². The zero-order chi connectivity index (χ0) is 15.1. The number of fused-ring (bicyclic) bond motifs is 2. The average Bonchev–Trinajstić information content (AvgIpc) is 3.14. The van der Waals surface area contributed by atoms with Gasteiger partial charge in [-0.2, -0.15) is 0 Å². The molecule has 0 aliphatic carbocycles. The number of aldehydes is 1. The number of rotatable bonds is 3. The molecule has 4 aromatic rings. The fourth-order valence-electron chi connectivity index (χ4n) is 2.77. The van der Waals surface area contributed by atoms with Crippen LogP contribution in [0.2, 0.25) is 0 Å². The number of carbonyl (C=O) groups is 1. The van der Waals surface area contributed by atoms with Gasteiger partial charge in [0.2, 0.25) is 0 Å². The van der Waals surface area contributed by atoms with Gasteiger partial charge < -0.3 is 4.74 Å². The van der Waals surface area contributed by atoms with Crippen molar-refractivity contribution < 1.29 is 9.53 Å². The van der Waals surface area contributed by atoms with Crippen LogP contribution in [0.4, 0.5) is 0 Å². The highest BCUT2D eigenvalue weighted by Crippen LogP contribution is 2.35. The molecule has 0 bridgehead atoms. The van der Waals surface area contributed by atoms with Crippen molar-refractivity contribution in [2.24, 2.45) is 0 Å². The lowest BCUT2D eigenvalue weighted by Crippen LogP contribution is -1.92. The van der Waals surface area contributed by atoms with E-state index in [0.29, 0.717) is 11.4 Å². The summed E-state index contributed by atoms with van der Waals surface area (Å²) < 4.78 is 7.25. The Morgan fingerprint density at radius 1 is 1.18 bits per heavy atom. The van der Waals surface area contributed by atoms with E-state index in [9.17, 15) is 4.79 Å². The topological polar surface area (TPSA) is 43.6 Å². The number of benzene rings is 2. The van der Waals surface area contributed by atoms with Crippen LogP contribution >= 0.6 is 11.3 Å². The number of imidazole rings is 1. The average molecular weight is 308 g/mol. The van der Waals surface area contributed by atoms with Gasteiger partial charge in [-0.25, -0.2) is 4.98 Å². The highest BCUT2D eigenvalue weighted by Gasteiger charge is 2.17. The number of hydrogen-bond acceptors (Lipinski definition) is 4. The smallest absolute Gasteiger partial charge is 0.194 e. The van der Waals surface area contributed by atoms with Crippen LogP contribution in [0, 0.1) is 0 Å². The van der Waals surface area contributed by atoms with Gasteiger partial charge in [0.25, 0.3) is 0 Å².